The molecule has 0 N–H and O–H groups in total. The molecule has 0 aromatic carbocycles. The van der Waals surface area contributed by atoms with Gasteiger partial charge in [0.15, 0.2) is 11.6 Å². The van der Waals surface area contributed by atoms with E-state index in [0.717, 1.165) is 10.2 Å². The molecule has 0 unspecified atom stereocenters. The summed E-state index contributed by atoms with van der Waals surface area (Å²) < 4.78 is 2.61. The van der Waals surface area contributed by atoms with Gasteiger partial charge in [0, 0.05) is 24.9 Å². The molecular weight excluding hydrogens is 316 g/mol. The molecule has 6 heteroatoms. The summed E-state index contributed by atoms with van der Waals surface area (Å²) in [6.45, 7) is 6.25. The second kappa shape index (κ2) is 4.63. The standard InChI is InChI=1S/C12H14BrClN4/c1-12(2,3)8-7(13)9(14)17-10(16-8)11-15-5-6-18(11)4/h5-6H,1-4H3. The van der Waals surface area contributed by atoms with Crippen LogP contribution in [0.2, 0.25) is 5.15 Å². The van der Waals surface area contributed by atoms with Gasteiger partial charge in [-0.1, -0.05) is 32.4 Å². The fourth-order valence-electron chi connectivity index (χ4n) is 1.60. The Morgan fingerprint density at radius 2 is 1.94 bits per heavy atom. The fourth-order valence-corrected chi connectivity index (χ4v) is 2.54. The van der Waals surface area contributed by atoms with Crippen molar-refractivity contribution < 1.29 is 0 Å². The molecule has 0 aliphatic heterocycles. The molecule has 0 saturated heterocycles. The van der Waals surface area contributed by atoms with E-state index in [1.807, 2.05) is 17.8 Å². The smallest absolute Gasteiger partial charge is 0.197 e. The topological polar surface area (TPSA) is 43.6 Å². The lowest BCUT2D eigenvalue weighted by atomic mass is 9.92. The van der Waals surface area contributed by atoms with Crippen molar-refractivity contribution in [2.45, 2.75) is 26.2 Å². The SMILES string of the molecule is Cn1ccnc1-c1nc(Cl)c(Br)c(C(C)(C)C)n1. The fraction of sp³-hybridized carbons (Fsp3) is 0.417. The zero-order valence-electron chi connectivity index (χ0n) is 10.7. The molecule has 0 radical (unpaired) electrons. The summed E-state index contributed by atoms with van der Waals surface area (Å²) in [5.74, 6) is 1.25. The first kappa shape index (κ1) is 13.5. The minimum atomic E-state index is -0.120. The molecule has 96 valence electrons. The van der Waals surface area contributed by atoms with Crippen molar-refractivity contribution in [3.05, 3.63) is 27.7 Å². The number of halogens is 2. The third kappa shape index (κ3) is 2.42. The first-order chi connectivity index (χ1) is 8.30. The van der Waals surface area contributed by atoms with Gasteiger partial charge in [-0.15, -0.1) is 0 Å². The molecule has 0 atom stereocenters. The Hall–Kier alpha value is -0.940. The van der Waals surface area contributed by atoms with Crippen molar-refractivity contribution in [3.8, 4) is 11.6 Å². The van der Waals surface area contributed by atoms with Crippen molar-refractivity contribution in [2.24, 2.45) is 7.05 Å². The predicted molar refractivity (Wildman–Crippen MR) is 75.6 cm³/mol. The van der Waals surface area contributed by atoms with Gasteiger partial charge in [-0.05, 0) is 15.9 Å². The quantitative estimate of drug-likeness (QED) is 0.751. The lowest BCUT2D eigenvalue weighted by Gasteiger charge is -2.20. The van der Waals surface area contributed by atoms with E-state index in [1.54, 1.807) is 6.20 Å². The van der Waals surface area contributed by atoms with Gasteiger partial charge in [0.05, 0.1) is 10.2 Å². The van der Waals surface area contributed by atoms with Crippen LogP contribution in [-0.4, -0.2) is 19.5 Å². The third-order valence-electron chi connectivity index (χ3n) is 2.54. The Balaban J connectivity index is 2.66. The molecule has 0 bridgehead atoms. The van der Waals surface area contributed by atoms with Crippen LogP contribution in [-0.2, 0) is 12.5 Å². The van der Waals surface area contributed by atoms with E-state index in [9.17, 15) is 0 Å². The molecule has 4 nitrogen and oxygen atoms in total. The van der Waals surface area contributed by atoms with Crippen LogP contribution in [0.15, 0.2) is 16.9 Å². The second-order valence-electron chi connectivity index (χ2n) is 5.11. The molecule has 0 aliphatic carbocycles. The summed E-state index contributed by atoms with van der Waals surface area (Å²) in [7, 11) is 1.90. The van der Waals surface area contributed by atoms with Gasteiger partial charge < -0.3 is 4.57 Å². The van der Waals surface area contributed by atoms with Crippen LogP contribution in [0, 0.1) is 0 Å². The van der Waals surface area contributed by atoms with Crippen LogP contribution in [0.4, 0.5) is 0 Å². The number of imidazole rings is 1. The van der Waals surface area contributed by atoms with Gasteiger partial charge in [-0.25, -0.2) is 15.0 Å². The number of hydrogen-bond acceptors (Lipinski definition) is 3. The molecule has 2 rings (SSSR count). The van der Waals surface area contributed by atoms with Gasteiger partial charge in [-0.3, -0.25) is 0 Å². The van der Waals surface area contributed by atoms with Crippen molar-refractivity contribution >= 4 is 27.5 Å². The third-order valence-corrected chi connectivity index (χ3v) is 3.80. The summed E-state index contributed by atoms with van der Waals surface area (Å²) in [5.41, 5.74) is 0.756. The maximum absolute atomic E-state index is 6.16. The van der Waals surface area contributed by atoms with Crippen molar-refractivity contribution in [1.82, 2.24) is 19.5 Å². The molecule has 2 aromatic rings. The molecule has 0 aliphatic rings. The number of aryl methyl sites for hydroxylation is 1. The Bertz CT molecular complexity index is 586. The average molecular weight is 330 g/mol. The lowest BCUT2D eigenvalue weighted by molar-refractivity contribution is 0.563. The number of nitrogens with zero attached hydrogens (tertiary/aromatic N) is 4. The average Bonchev–Trinajstić information content (AvgIpc) is 2.66. The highest BCUT2D eigenvalue weighted by Gasteiger charge is 2.23. The normalized spacial score (nSPS) is 11.9. The van der Waals surface area contributed by atoms with Gasteiger partial charge in [0.1, 0.15) is 5.15 Å². The van der Waals surface area contributed by atoms with E-state index < -0.39 is 0 Å². The van der Waals surface area contributed by atoms with E-state index in [4.69, 9.17) is 11.6 Å². The molecular formula is C12H14BrClN4. The van der Waals surface area contributed by atoms with Crippen molar-refractivity contribution in [3.63, 3.8) is 0 Å². The minimum absolute atomic E-state index is 0.120. The Morgan fingerprint density at radius 3 is 2.44 bits per heavy atom. The molecule has 0 saturated carbocycles. The highest BCUT2D eigenvalue weighted by atomic mass is 79.9. The molecule has 0 amide bonds. The largest absolute Gasteiger partial charge is 0.331 e. The number of hydrogen-bond donors (Lipinski definition) is 0. The van der Waals surface area contributed by atoms with Crippen LogP contribution in [0.1, 0.15) is 26.5 Å². The van der Waals surface area contributed by atoms with E-state index in [0.29, 0.717) is 16.8 Å². The summed E-state index contributed by atoms with van der Waals surface area (Å²) in [4.78, 5) is 13.1. The summed E-state index contributed by atoms with van der Waals surface area (Å²) >= 11 is 9.61. The predicted octanol–water partition coefficient (Wildman–Crippen LogP) is 3.59. The van der Waals surface area contributed by atoms with Gasteiger partial charge in [0.25, 0.3) is 0 Å². The van der Waals surface area contributed by atoms with Gasteiger partial charge in [0.2, 0.25) is 0 Å². The highest BCUT2D eigenvalue weighted by Crippen LogP contribution is 2.33. The molecule has 2 heterocycles. The summed E-state index contributed by atoms with van der Waals surface area (Å²) in [6, 6.07) is 0. The Labute approximate surface area is 120 Å². The van der Waals surface area contributed by atoms with Crippen LogP contribution in [0.3, 0.4) is 0 Å². The lowest BCUT2D eigenvalue weighted by Crippen LogP contribution is -2.16. The zero-order valence-corrected chi connectivity index (χ0v) is 13.0. The monoisotopic (exact) mass is 328 g/mol. The maximum atomic E-state index is 6.16. The second-order valence-corrected chi connectivity index (χ2v) is 6.26. The minimum Gasteiger partial charge on any atom is -0.331 e. The maximum Gasteiger partial charge on any atom is 0.197 e. The summed E-state index contributed by atoms with van der Waals surface area (Å²) in [5, 5.41) is 0.410. The van der Waals surface area contributed by atoms with Crippen LogP contribution in [0.25, 0.3) is 11.6 Å². The van der Waals surface area contributed by atoms with E-state index in [1.165, 1.54) is 0 Å². The summed E-state index contributed by atoms with van der Waals surface area (Å²) in [6.07, 6.45) is 3.57. The van der Waals surface area contributed by atoms with Crippen LogP contribution >= 0.6 is 27.5 Å². The van der Waals surface area contributed by atoms with Crippen LogP contribution in [0.5, 0.6) is 0 Å². The van der Waals surface area contributed by atoms with Crippen LogP contribution < -0.4 is 0 Å². The van der Waals surface area contributed by atoms with E-state index >= 15 is 0 Å². The molecule has 2 aromatic heterocycles. The number of aromatic nitrogens is 4. The number of rotatable bonds is 1. The molecule has 0 spiro atoms. The first-order valence-electron chi connectivity index (χ1n) is 5.52. The van der Waals surface area contributed by atoms with Crippen molar-refractivity contribution in [2.75, 3.05) is 0 Å². The Kier molecular flexibility index (Phi) is 3.47. The molecule has 0 fully saturated rings. The van der Waals surface area contributed by atoms with E-state index in [2.05, 4.69) is 51.7 Å². The van der Waals surface area contributed by atoms with E-state index in [-0.39, 0.29) is 5.41 Å². The first-order valence-corrected chi connectivity index (χ1v) is 6.69. The van der Waals surface area contributed by atoms with Gasteiger partial charge >= 0.3 is 0 Å². The molecule has 18 heavy (non-hydrogen) atoms. The highest BCUT2D eigenvalue weighted by molar-refractivity contribution is 9.10. The Morgan fingerprint density at radius 1 is 1.28 bits per heavy atom. The van der Waals surface area contributed by atoms with Crippen molar-refractivity contribution in [1.29, 1.82) is 0 Å². The van der Waals surface area contributed by atoms with Gasteiger partial charge in [-0.2, -0.15) is 0 Å². The zero-order chi connectivity index (χ0) is 13.5.